The molecule has 5 heterocycles. The minimum Gasteiger partial charge on any atom is -0.391 e. The fourth-order valence-corrected chi connectivity index (χ4v) is 4.86. The third-order valence-corrected chi connectivity index (χ3v) is 6.98. The minimum absolute atomic E-state index is 0.224. The number of hydrogen-bond donors (Lipinski definition) is 3. The number of nitrogens with one attached hydrogen (secondary N) is 2. The van der Waals surface area contributed by atoms with Crippen molar-refractivity contribution in [3.8, 4) is 11.3 Å². The van der Waals surface area contributed by atoms with Crippen molar-refractivity contribution >= 4 is 28.4 Å². The molecule has 1 saturated carbocycles. The third kappa shape index (κ3) is 3.41. The number of carbonyl (C=O) groups excluding carboxylic acids is 1. The van der Waals surface area contributed by atoms with E-state index in [9.17, 15) is 9.90 Å². The number of ether oxygens (including phenoxy) is 1. The van der Waals surface area contributed by atoms with Crippen LogP contribution in [0.1, 0.15) is 42.1 Å². The molecule has 4 aromatic rings. The fraction of sp³-hybridized carbons (Fsp3) is 0.417. The normalized spacial score (nSPS) is 21.0. The van der Waals surface area contributed by atoms with E-state index in [0.717, 1.165) is 60.6 Å². The second kappa shape index (κ2) is 8.37. The monoisotopic (exact) mass is 461 g/mol. The number of hydrogen-bond acceptors (Lipinski definition) is 7. The van der Waals surface area contributed by atoms with Gasteiger partial charge in [-0.15, -0.1) is 0 Å². The first-order chi connectivity index (χ1) is 16.6. The lowest BCUT2D eigenvalue weighted by Gasteiger charge is -2.32. The van der Waals surface area contributed by atoms with Gasteiger partial charge in [-0.2, -0.15) is 9.61 Å². The lowest BCUT2D eigenvalue weighted by Crippen LogP contribution is -2.50. The Morgan fingerprint density at radius 3 is 2.79 bits per heavy atom. The summed E-state index contributed by atoms with van der Waals surface area (Å²) in [4.78, 5) is 22.5. The molecule has 0 radical (unpaired) electrons. The summed E-state index contributed by atoms with van der Waals surface area (Å²) in [5, 5.41) is 21.4. The number of anilines is 1. The van der Waals surface area contributed by atoms with Crippen LogP contribution in [0.15, 0.2) is 36.8 Å². The standard InChI is InChI=1S/C24H27N7O3/c1-25-21-11-19(28-23-16(12-27-31(21)23)24(33)29-18-4-5-20(18)32)17-13-30(14-6-9-34-10-7-14)22-15(17)3-2-8-26-22/h2-3,8,11-14,18,20,25,32H,4-7,9-10H2,1H3,(H,29,33)/t18-,20-/m1/s1. The van der Waals surface area contributed by atoms with Crippen LogP contribution in [0.3, 0.4) is 0 Å². The Morgan fingerprint density at radius 2 is 2.06 bits per heavy atom. The Balaban J connectivity index is 1.46. The van der Waals surface area contributed by atoms with E-state index in [1.807, 2.05) is 25.4 Å². The molecule has 0 unspecified atom stereocenters. The van der Waals surface area contributed by atoms with Crippen molar-refractivity contribution in [2.45, 2.75) is 43.9 Å². The summed E-state index contributed by atoms with van der Waals surface area (Å²) in [7, 11) is 1.82. The largest absolute Gasteiger partial charge is 0.391 e. The molecule has 3 N–H and O–H groups in total. The number of rotatable bonds is 5. The van der Waals surface area contributed by atoms with E-state index in [0.29, 0.717) is 23.7 Å². The predicted molar refractivity (Wildman–Crippen MR) is 127 cm³/mol. The van der Waals surface area contributed by atoms with Gasteiger partial charge < -0.3 is 25.0 Å². The molecule has 0 aromatic carbocycles. The highest BCUT2D eigenvalue weighted by Gasteiger charge is 2.31. The van der Waals surface area contributed by atoms with E-state index in [-0.39, 0.29) is 11.9 Å². The zero-order valence-corrected chi connectivity index (χ0v) is 18.9. The molecule has 1 aliphatic heterocycles. The molecular weight excluding hydrogens is 434 g/mol. The van der Waals surface area contributed by atoms with E-state index in [1.165, 1.54) is 6.20 Å². The quantitative estimate of drug-likeness (QED) is 0.418. The minimum atomic E-state index is -0.494. The average molecular weight is 462 g/mol. The zero-order valence-electron chi connectivity index (χ0n) is 18.9. The van der Waals surface area contributed by atoms with E-state index >= 15 is 0 Å². The van der Waals surface area contributed by atoms with Crippen LogP contribution >= 0.6 is 0 Å². The van der Waals surface area contributed by atoms with E-state index < -0.39 is 6.10 Å². The van der Waals surface area contributed by atoms with Gasteiger partial charge in [0.2, 0.25) is 0 Å². The van der Waals surface area contributed by atoms with Crippen molar-refractivity contribution in [2.24, 2.45) is 0 Å². The first-order valence-corrected chi connectivity index (χ1v) is 11.7. The van der Waals surface area contributed by atoms with E-state index in [1.54, 1.807) is 4.52 Å². The maximum absolute atomic E-state index is 13.0. The van der Waals surface area contributed by atoms with Gasteiger partial charge in [0.25, 0.3) is 5.91 Å². The van der Waals surface area contributed by atoms with Gasteiger partial charge in [0.15, 0.2) is 5.65 Å². The first kappa shape index (κ1) is 21.1. The SMILES string of the molecule is CNc1cc(-c2cn(C3CCOCC3)c3ncccc23)nc2c(C(=O)N[C@@H]3CC[C@H]3O)cnn12. The van der Waals surface area contributed by atoms with Gasteiger partial charge in [-0.25, -0.2) is 9.97 Å². The topological polar surface area (TPSA) is 119 Å². The van der Waals surface area contributed by atoms with Crippen LogP contribution in [0, 0.1) is 0 Å². The van der Waals surface area contributed by atoms with Crippen molar-refractivity contribution in [3.63, 3.8) is 0 Å². The van der Waals surface area contributed by atoms with E-state index in [2.05, 4.69) is 37.5 Å². The number of aromatic nitrogens is 5. The summed E-state index contributed by atoms with van der Waals surface area (Å²) in [6, 6.07) is 6.02. The molecule has 0 bridgehead atoms. The molecule has 1 amide bonds. The number of nitrogens with zero attached hydrogens (tertiary/aromatic N) is 5. The van der Waals surface area contributed by atoms with Crippen molar-refractivity contribution in [1.82, 2.24) is 29.5 Å². The Kier molecular flexibility index (Phi) is 5.19. The summed E-state index contributed by atoms with van der Waals surface area (Å²) >= 11 is 0. The highest BCUT2D eigenvalue weighted by atomic mass is 16.5. The van der Waals surface area contributed by atoms with E-state index in [4.69, 9.17) is 9.72 Å². The molecule has 10 heteroatoms. The molecule has 2 atom stereocenters. The van der Waals surface area contributed by atoms with Gasteiger partial charge >= 0.3 is 0 Å². The van der Waals surface area contributed by atoms with Crippen molar-refractivity contribution in [1.29, 1.82) is 0 Å². The maximum Gasteiger partial charge on any atom is 0.257 e. The Hall–Kier alpha value is -3.50. The smallest absolute Gasteiger partial charge is 0.257 e. The number of carbonyl (C=O) groups is 1. The van der Waals surface area contributed by atoms with Crippen molar-refractivity contribution in [2.75, 3.05) is 25.6 Å². The van der Waals surface area contributed by atoms with Crippen molar-refractivity contribution < 1.29 is 14.6 Å². The molecule has 176 valence electrons. The highest BCUT2D eigenvalue weighted by molar-refractivity contribution is 6.01. The molecule has 4 aromatic heterocycles. The lowest BCUT2D eigenvalue weighted by molar-refractivity contribution is 0.0448. The molecule has 0 spiro atoms. The lowest BCUT2D eigenvalue weighted by atomic mass is 9.89. The zero-order chi connectivity index (χ0) is 23.2. The molecule has 1 saturated heterocycles. The van der Waals surface area contributed by atoms with Gasteiger partial charge in [-0.1, -0.05) is 0 Å². The molecule has 6 rings (SSSR count). The Morgan fingerprint density at radius 1 is 1.21 bits per heavy atom. The summed E-state index contributed by atoms with van der Waals surface area (Å²) in [6.45, 7) is 1.48. The second-order valence-electron chi connectivity index (χ2n) is 8.96. The van der Waals surface area contributed by atoms with Crippen LogP contribution in [-0.2, 0) is 4.74 Å². The molecule has 34 heavy (non-hydrogen) atoms. The second-order valence-corrected chi connectivity index (χ2v) is 8.96. The molecule has 10 nitrogen and oxygen atoms in total. The van der Waals surface area contributed by atoms with Gasteiger partial charge in [-0.3, -0.25) is 4.79 Å². The summed E-state index contributed by atoms with van der Waals surface area (Å²) in [6.07, 6.45) is 8.31. The van der Waals surface area contributed by atoms with Gasteiger partial charge in [0, 0.05) is 55.7 Å². The maximum atomic E-state index is 13.0. The number of aliphatic hydroxyl groups is 1. The Labute approximate surface area is 196 Å². The van der Waals surface area contributed by atoms with Crippen molar-refractivity contribution in [3.05, 3.63) is 42.4 Å². The highest BCUT2D eigenvalue weighted by Crippen LogP contribution is 2.34. The van der Waals surface area contributed by atoms with Gasteiger partial charge in [0.05, 0.1) is 24.0 Å². The van der Waals surface area contributed by atoms with Crippen LogP contribution in [0.5, 0.6) is 0 Å². The number of pyridine rings is 1. The number of aliphatic hydroxyl groups excluding tert-OH is 1. The van der Waals surface area contributed by atoms with Gasteiger partial charge in [-0.05, 0) is 37.8 Å². The van der Waals surface area contributed by atoms with Crippen LogP contribution in [0.2, 0.25) is 0 Å². The first-order valence-electron chi connectivity index (χ1n) is 11.7. The molecular formula is C24H27N7O3. The fourth-order valence-electron chi connectivity index (χ4n) is 4.86. The summed E-state index contributed by atoms with van der Waals surface area (Å²) in [5.41, 5.74) is 3.45. The van der Waals surface area contributed by atoms with Crippen LogP contribution in [0.4, 0.5) is 5.82 Å². The van der Waals surface area contributed by atoms with Crippen LogP contribution in [-0.4, -0.2) is 67.6 Å². The predicted octanol–water partition coefficient (Wildman–Crippen LogP) is 2.39. The summed E-state index contributed by atoms with van der Waals surface area (Å²) < 4.78 is 9.43. The van der Waals surface area contributed by atoms with Crippen LogP contribution in [0.25, 0.3) is 27.9 Å². The average Bonchev–Trinajstić information content (AvgIpc) is 3.48. The number of amides is 1. The molecule has 2 aliphatic rings. The molecule has 2 fully saturated rings. The summed E-state index contributed by atoms with van der Waals surface area (Å²) in [5.74, 6) is 0.440. The molecule has 1 aliphatic carbocycles. The third-order valence-electron chi connectivity index (χ3n) is 6.98. The van der Waals surface area contributed by atoms with Gasteiger partial charge in [0.1, 0.15) is 17.0 Å². The Bertz CT molecular complexity index is 1370. The number of fused-ring (bicyclic) bond motifs is 2. The van der Waals surface area contributed by atoms with Crippen LogP contribution < -0.4 is 10.6 Å².